The van der Waals surface area contributed by atoms with E-state index in [0.29, 0.717) is 24.0 Å². The zero-order valence-electron chi connectivity index (χ0n) is 7.73. The van der Waals surface area contributed by atoms with E-state index in [4.69, 9.17) is 5.73 Å². The summed E-state index contributed by atoms with van der Waals surface area (Å²) in [6.07, 6.45) is 0. The molecule has 0 aromatic carbocycles. The molecule has 0 fully saturated rings. The van der Waals surface area contributed by atoms with E-state index in [-0.39, 0.29) is 0 Å². The molecule has 2 N–H and O–H groups in total. The molecule has 2 atom stereocenters. The van der Waals surface area contributed by atoms with Crippen molar-refractivity contribution in [2.45, 2.75) is 12.7 Å². The minimum atomic E-state index is -0.753. The van der Waals surface area contributed by atoms with Crippen LogP contribution in [0.2, 0.25) is 0 Å². The first-order valence-electron chi connectivity index (χ1n) is 4.28. The molecule has 0 bridgehead atoms. The second-order valence-corrected chi connectivity index (χ2v) is 5.50. The van der Waals surface area contributed by atoms with Crippen LogP contribution in [-0.2, 0) is 16.6 Å². The molecular formula is C9H15NOS2. The summed E-state index contributed by atoms with van der Waals surface area (Å²) < 4.78 is 11.5. The van der Waals surface area contributed by atoms with Gasteiger partial charge in [-0.05, 0) is 34.9 Å². The molecule has 1 aromatic rings. The second kappa shape index (κ2) is 5.52. The van der Waals surface area contributed by atoms with Crippen LogP contribution in [0.3, 0.4) is 0 Å². The summed E-state index contributed by atoms with van der Waals surface area (Å²) in [5, 5.41) is 4.06. The van der Waals surface area contributed by atoms with Crippen LogP contribution >= 0.6 is 11.3 Å². The minimum absolute atomic E-state index is 0.361. The van der Waals surface area contributed by atoms with Crippen molar-refractivity contribution in [2.24, 2.45) is 11.7 Å². The van der Waals surface area contributed by atoms with Gasteiger partial charge in [0, 0.05) is 22.3 Å². The first-order valence-corrected chi connectivity index (χ1v) is 6.71. The van der Waals surface area contributed by atoms with Crippen LogP contribution in [0.4, 0.5) is 0 Å². The maximum Gasteiger partial charge on any atom is 0.0493 e. The predicted molar refractivity (Wildman–Crippen MR) is 59.3 cm³/mol. The summed E-state index contributed by atoms with van der Waals surface area (Å²) in [5.74, 6) is 1.75. The van der Waals surface area contributed by atoms with Gasteiger partial charge < -0.3 is 5.73 Å². The number of rotatable bonds is 5. The molecule has 0 aliphatic carbocycles. The quantitative estimate of drug-likeness (QED) is 0.814. The third-order valence-electron chi connectivity index (χ3n) is 1.78. The lowest BCUT2D eigenvalue weighted by Gasteiger charge is -2.06. The highest BCUT2D eigenvalue weighted by Gasteiger charge is 2.06. The van der Waals surface area contributed by atoms with Gasteiger partial charge in [-0.2, -0.15) is 11.3 Å². The predicted octanol–water partition coefficient (Wildman–Crippen LogP) is 1.59. The Hall–Kier alpha value is -0.190. The molecular weight excluding hydrogens is 202 g/mol. The van der Waals surface area contributed by atoms with Crippen LogP contribution < -0.4 is 5.73 Å². The van der Waals surface area contributed by atoms with Gasteiger partial charge in [0.25, 0.3) is 0 Å². The highest BCUT2D eigenvalue weighted by atomic mass is 32.2. The van der Waals surface area contributed by atoms with E-state index in [1.807, 2.05) is 23.8 Å². The third kappa shape index (κ3) is 4.02. The van der Waals surface area contributed by atoms with E-state index in [1.165, 1.54) is 5.56 Å². The lowest BCUT2D eigenvalue weighted by Crippen LogP contribution is -2.18. The summed E-state index contributed by atoms with van der Waals surface area (Å²) >= 11 is 1.65. The fraction of sp³-hybridized carbons (Fsp3) is 0.556. The smallest absolute Gasteiger partial charge is 0.0493 e. The van der Waals surface area contributed by atoms with Crippen LogP contribution in [-0.4, -0.2) is 16.5 Å². The summed E-state index contributed by atoms with van der Waals surface area (Å²) in [6, 6.07) is 2.02. The molecule has 0 saturated carbocycles. The van der Waals surface area contributed by atoms with Gasteiger partial charge in [0.2, 0.25) is 0 Å². The summed E-state index contributed by atoms with van der Waals surface area (Å²) in [5.41, 5.74) is 6.63. The van der Waals surface area contributed by atoms with E-state index in [1.54, 1.807) is 11.3 Å². The number of hydrogen-bond acceptors (Lipinski definition) is 3. The van der Waals surface area contributed by atoms with Crippen molar-refractivity contribution in [1.29, 1.82) is 0 Å². The molecule has 0 aliphatic heterocycles. The molecule has 13 heavy (non-hydrogen) atoms. The molecule has 74 valence electrons. The third-order valence-corrected chi connectivity index (χ3v) is 4.11. The normalized spacial score (nSPS) is 15.5. The van der Waals surface area contributed by atoms with Gasteiger partial charge in [0.15, 0.2) is 0 Å². The highest BCUT2D eigenvalue weighted by molar-refractivity contribution is 7.84. The molecule has 0 saturated heterocycles. The van der Waals surface area contributed by atoms with Gasteiger partial charge in [0.1, 0.15) is 0 Å². The average Bonchev–Trinajstić information content (AvgIpc) is 2.56. The summed E-state index contributed by atoms with van der Waals surface area (Å²) in [4.78, 5) is 0. The zero-order chi connectivity index (χ0) is 9.68. The number of hydrogen-bond donors (Lipinski definition) is 1. The van der Waals surface area contributed by atoms with Crippen molar-refractivity contribution in [3.05, 3.63) is 22.4 Å². The Morgan fingerprint density at radius 3 is 3.00 bits per heavy atom. The molecule has 2 unspecified atom stereocenters. The van der Waals surface area contributed by atoms with Crippen molar-refractivity contribution in [1.82, 2.24) is 0 Å². The van der Waals surface area contributed by atoms with Crippen molar-refractivity contribution in [3.63, 3.8) is 0 Å². The standard InChI is InChI=1S/C9H15NOS2/c1-8(4-10)6-13(11)7-9-2-3-12-5-9/h2-3,5,8H,4,6-7,10H2,1H3. The molecule has 0 radical (unpaired) electrons. The van der Waals surface area contributed by atoms with E-state index in [2.05, 4.69) is 0 Å². The minimum Gasteiger partial charge on any atom is -0.330 e. The Morgan fingerprint density at radius 1 is 1.69 bits per heavy atom. The summed E-state index contributed by atoms with van der Waals surface area (Å²) in [6.45, 7) is 2.65. The lowest BCUT2D eigenvalue weighted by atomic mass is 10.2. The Morgan fingerprint density at radius 2 is 2.46 bits per heavy atom. The molecule has 1 heterocycles. The topological polar surface area (TPSA) is 43.1 Å². The van der Waals surface area contributed by atoms with Crippen molar-refractivity contribution >= 4 is 22.1 Å². The Labute approximate surface area is 85.6 Å². The van der Waals surface area contributed by atoms with Gasteiger partial charge in [-0.3, -0.25) is 4.21 Å². The van der Waals surface area contributed by atoms with E-state index >= 15 is 0 Å². The highest BCUT2D eigenvalue weighted by Crippen LogP contribution is 2.09. The van der Waals surface area contributed by atoms with Gasteiger partial charge in [-0.15, -0.1) is 0 Å². The van der Waals surface area contributed by atoms with Crippen molar-refractivity contribution < 1.29 is 4.21 Å². The van der Waals surface area contributed by atoms with E-state index < -0.39 is 10.8 Å². The first kappa shape index (κ1) is 10.9. The average molecular weight is 217 g/mol. The van der Waals surface area contributed by atoms with Crippen LogP contribution in [0.5, 0.6) is 0 Å². The van der Waals surface area contributed by atoms with E-state index in [9.17, 15) is 4.21 Å². The Kier molecular flexibility index (Phi) is 4.62. The molecule has 1 rings (SSSR count). The van der Waals surface area contributed by atoms with Gasteiger partial charge in [0.05, 0.1) is 0 Å². The van der Waals surface area contributed by atoms with Gasteiger partial charge in [-0.25, -0.2) is 0 Å². The Bertz CT molecular complexity index is 259. The van der Waals surface area contributed by atoms with Gasteiger partial charge in [-0.1, -0.05) is 6.92 Å². The van der Waals surface area contributed by atoms with E-state index in [0.717, 1.165) is 0 Å². The largest absolute Gasteiger partial charge is 0.330 e. The monoisotopic (exact) mass is 217 g/mol. The molecule has 2 nitrogen and oxygen atoms in total. The molecule has 0 aliphatic rings. The Balaban J connectivity index is 2.34. The fourth-order valence-electron chi connectivity index (χ4n) is 1.00. The van der Waals surface area contributed by atoms with Crippen LogP contribution in [0.1, 0.15) is 12.5 Å². The fourth-order valence-corrected chi connectivity index (χ4v) is 3.22. The van der Waals surface area contributed by atoms with Crippen molar-refractivity contribution in [2.75, 3.05) is 12.3 Å². The van der Waals surface area contributed by atoms with Crippen molar-refractivity contribution in [3.8, 4) is 0 Å². The maximum absolute atomic E-state index is 11.5. The second-order valence-electron chi connectivity index (χ2n) is 3.22. The molecule has 4 heteroatoms. The van der Waals surface area contributed by atoms with Crippen LogP contribution in [0.25, 0.3) is 0 Å². The van der Waals surface area contributed by atoms with Crippen LogP contribution in [0, 0.1) is 5.92 Å². The molecule has 0 spiro atoms. The maximum atomic E-state index is 11.5. The molecule has 1 aromatic heterocycles. The number of thiophene rings is 1. The molecule has 0 amide bonds. The van der Waals surface area contributed by atoms with Crippen LogP contribution in [0.15, 0.2) is 16.8 Å². The number of nitrogens with two attached hydrogens (primary N) is 1. The SMILES string of the molecule is CC(CN)CS(=O)Cc1ccsc1. The van der Waals surface area contributed by atoms with Gasteiger partial charge >= 0.3 is 0 Å². The zero-order valence-corrected chi connectivity index (χ0v) is 9.37. The first-order chi connectivity index (χ1) is 6.22. The lowest BCUT2D eigenvalue weighted by molar-refractivity contribution is 0.640. The summed E-state index contributed by atoms with van der Waals surface area (Å²) in [7, 11) is -0.753.